The highest BCUT2D eigenvalue weighted by Gasteiger charge is 2.16. The number of hydrogen-bond acceptors (Lipinski definition) is 5. The number of aromatic nitrogens is 1. The van der Waals surface area contributed by atoms with Gasteiger partial charge in [0.15, 0.2) is 0 Å². The van der Waals surface area contributed by atoms with Gasteiger partial charge in [-0.15, -0.1) is 0 Å². The molecule has 3 aromatic carbocycles. The van der Waals surface area contributed by atoms with Crippen molar-refractivity contribution < 1.29 is 9.15 Å². The Morgan fingerprint density at radius 1 is 1.04 bits per heavy atom. The zero-order chi connectivity index (χ0) is 19.3. The highest BCUT2D eigenvalue weighted by Crippen LogP contribution is 2.31. The third kappa shape index (κ3) is 3.59. The van der Waals surface area contributed by atoms with Gasteiger partial charge in [0.2, 0.25) is 17.5 Å². The van der Waals surface area contributed by atoms with E-state index in [1.165, 1.54) is 0 Å². The van der Waals surface area contributed by atoms with Gasteiger partial charge in [0.05, 0.1) is 6.61 Å². The van der Waals surface area contributed by atoms with E-state index in [2.05, 4.69) is 22.4 Å². The Morgan fingerprint density at radius 2 is 1.82 bits per heavy atom. The third-order valence-corrected chi connectivity index (χ3v) is 4.51. The predicted molar refractivity (Wildman–Crippen MR) is 109 cm³/mol. The van der Waals surface area contributed by atoms with Gasteiger partial charge in [-0.2, -0.15) is 10.2 Å². The minimum absolute atomic E-state index is 0.246. The largest absolute Gasteiger partial charge is 0.419 e. The van der Waals surface area contributed by atoms with Crippen molar-refractivity contribution in [3.05, 3.63) is 83.6 Å². The summed E-state index contributed by atoms with van der Waals surface area (Å²) in [5.41, 5.74) is 3.28. The van der Waals surface area contributed by atoms with Crippen molar-refractivity contribution in [1.29, 1.82) is 5.26 Å². The van der Waals surface area contributed by atoms with Crippen molar-refractivity contribution in [2.75, 3.05) is 12.4 Å². The molecule has 5 heteroatoms. The van der Waals surface area contributed by atoms with Gasteiger partial charge in [0, 0.05) is 19.2 Å². The average Bonchev–Trinajstić information content (AvgIpc) is 3.15. The monoisotopic (exact) mass is 369 g/mol. The molecule has 0 aliphatic carbocycles. The molecule has 0 aliphatic heterocycles. The van der Waals surface area contributed by atoms with Crippen molar-refractivity contribution in [3.8, 4) is 17.5 Å². The van der Waals surface area contributed by atoms with Crippen molar-refractivity contribution in [2.45, 2.75) is 13.2 Å². The SMILES string of the molecule is COCc1cccc(CNc2oc(-c3cccc4ccccc34)nc2C#N)c1. The Labute approximate surface area is 163 Å². The maximum Gasteiger partial charge on any atom is 0.232 e. The fourth-order valence-corrected chi connectivity index (χ4v) is 3.22. The number of nitrogens with one attached hydrogen (secondary N) is 1. The van der Waals surface area contributed by atoms with Gasteiger partial charge < -0.3 is 14.5 Å². The van der Waals surface area contributed by atoms with Crippen molar-refractivity contribution in [3.63, 3.8) is 0 Å². The summed E-state index contributed by atoms with van der Waals surface area (Å²) in [6.07, 6.45) is 0. The number of methoxy groups -OCH3 is 1. The van der Waals surface area contributed by atoms with E-state index >= 15 is 0 Å². The minimum atomic E-state index is 0.246. The van der Waals surface area contributed by atoms with Crippen LogP contribution in [0.1, 0.15) is 16.8 Å². The Hall–Kier alpha value is -3.62. The Balaban J connectivity index is 1.62. The van der Waals surface area contributed by atoms with Crippen LogP contribution < -0.4 is 5.32 Å². The highest BCUT2D eigenvalue weighted by atomic mass is 16.5. The Kier molecular flexibility index (Phi) is 5.05. The first kappa shape index (κ1) is 17.8. The molecular weight excluding hydrogens is 350 g/mol. The van der Waals surface area contributed by atoms with Crippen molar-refractivity contribution in [1.82, 2.24) is 4.98 Å². The average molecular weight is 369 g/mol. The van der Waals surface area contributed by atoms with E-state index in [9.17, 15) is 5.26 Å². The molecule has 0 fully saturated rings. The van der Waals surface area contributed by atoms with Crippen LogP contribution in [-0.2, 0) is 17.9 Å². The fraction of sp³-hybridized carbons (Fsp3) is 0.130. The van der Waals surface area contributed by atoms with Gasteiger partial charge >= 0.3 is 0 Å². The molecule has 1 aromatic heterocycles. The number of nitrogens with zero attached hydrogens (tertiary/aromatic N) is 2. The van der Waals surface area contributed by atoms with Crippen LogP contribution in [0.25, 0.3) is 22.2 Å². The van der Waals surface area contributed by atoms with Crippen molar-refractivity contribution in [2.24, 2.45) is 0 Å². The van der Waals surface area contributed by atoms with E-state index in [0.29, 0.717) is 24.9 Å². The lowest BCUT2D eigenvalue weighted by molar-refractivity contribution is 0.185. The molecule has 5 nitrogen and oxygen atoms in total. The number of ether oxygens (including phenoxy) is 1. The molecule has 1 N–H and O–H groups in total. The molecule has 0 unspecified atom stereocenters. The topological polar surface area (TPSA) is 71.1 Å². The van der Waals surface area contributed by atoms with E-state index < -0.39 is 0 Å². The van der Waals surface area contributed by atoms with E-state index in [4.69, 9.17) is 9.15 Å². The van der Waals surface area contributed by atoms with Crippen LogP contribution in [0.2, 0.25) is 0 Å². The molecule has 138 valence electrons. The first-order valence-electron chi connectivity index (χ1n) is 8.98. The standard InChI is InChI=1S/C23H19N3O2/c1-27-15-17-7-4-6-16(12-17)14-25-23-21(13-24)26-22(28-23)20-11-5-9-18-8-2-3-10-19(18)20/h2-12,25H,14-15H2,1H3. The molecule has 0 saturated carbocycles. The Bertz CT molecular complexity index is 1150. The predicted octanol–water partition coefficient (Wildman–Crippen LogP) is 5.12. The second kappa shape index (κ2) is 7.95. The van der Waals surface area contributed by atoms with E-state index in [-0.39, 0.29) is 5.69 Å². The van der Waals surface area contributed by atoms with Crippen LogP contribution in [-0.4, -0.2) is 12.1 Å². The highest BCUT2D eigenvalue weighted by molar-refractivity contribution is 5.94. The second-order valence-corrected chi connectivity index (χ2v) is 6.44. The van der Waals surface area contributed by atoms with Gasteiger partial charge in [-0.05, 0) is 28.0 Å². The molecule has 0 amide bonds. The number of fused-ring (bicyclic) bond motifs is 1. The summed E-state index contributed by atoms with van der Waals surface area (Å²) in [7, 11) is 1.67. The molecule has 0 atom stereocenters. The van der Waals surface area contributed by atoms with Crippen molar-refractivity contribution >= 4 is 16.7 Å². The first-order valence-corrected chi connectivity index (χ1v) is 8.98. The summed E-state index contributed by atoms with van der Waals surface area (Å²) in [4.78, 5) is 4.40. The number of nitriles is 1. The van der Waals surface area contributed by atoms with E-state index in [1.54, 1.807) is 7.11 Å². The van der Waals surface area contributed by atoms with Gasteiger partial charge in [-0.25, -0.2) is 0 Å². The summed E-state index contributed by atoms with van der Waals surface area (Å²) >= 11 is 0. The molecule has 28 heavy (non-hydrogen) atoms. The molecule has 4 aromatic rings. The van der Waals surface area contributed by atoms with Crippen LogP contribution in [0, 0.1) is 11.3 Å². The summed E-state index contributed by atoms with van der Waals surface area (Å²) in [5, 5.41) is 14.8. The van der Waals surface area contributed by atoms with Gasteiger partial charge in [0.25, 0.3) is 0 Å². The van der Waals surface area contributed by atoms with Crippen LogP contribution in [0.4, 0.5) is 5.88 Å². The van der Waals surface area contributed by atoms with Crippen LogP contribution in [0.3, 0.4) is 0 Å². The molecule has 0 aliphatic rings. The van der Waals surface area contributed by atoms with Gasteiger partial charge in [-0.1, -0.05) is 60.7 Å². The number of hydrogen-bond donors (Lipinski definition) is 1. The van der Waals surface area contributed by atoms with Crippen LogP contribution >= 0.6 is 0 Å². The number of anilines is 1. The van der Waals surface area contributed by atoms with Gasteiger partial charge in [0.1, 0.15) is 6.07 Å². The molecule has 4 rings (SSSR count). The smallest absolute Gasteiger partial charge is 0.232 e. The number of benzene rings is 3. The number of oxazole rings is 1. The second-order valence-electron chi connectivity index (χ2n) is 6.44. The molecule has 0 bridgehead atoms. The van der Waals surface area contributed by atoms with Crippen LogP contribution in [0.15, 0.2) is 71.1 Å². The molecule has 1 heterocycles. The molecular formula is C23H19N3O2. The molecule has 0 saturated heterocycles. The normalized spacial score (nSPS) is 10.7. The minimum Gasteiger partial charge on any atom is -0.419 e. The Morgan fingerprint density at radius 3 is 2.68 bits per heavy atom. The zero-order valence-corrected chi connectivity index (χ0v) is 15.5. The lowest BCUT2D eigenvalue weighted by Gasteiger charge is -2.06. The maximum atomic E-state index is 9.47. The maximum absolute atomic E-state index is 9.47. The molecule has 0 spiro atoms. The van der Waals surface area contributed by atoms with Gasteiger partial charge in [-0.3, -0.25) is 0 Å². The lowest BCUT2D eigenvalue weighted by atomic mass is 10.0. The first-order chi connectivity index (χ1) is 13.8. The lowest BCUT2D eigenvalue weighted by Crippen LogP contribution is -2.00. The molecule has 0 radical (unpaired) electrons. The summed E-state index contributed by atoms with van der Waals surface area (Å²) in [6, 6.07) is 24.2. The summed E-state index contributed by atoms with van der Waals surface area (Å²) < 4.78 is 11.1. The van der Waals surface area contributed by atoms with E-state index in [1.807, 2.05) is 60.7 Å². The summed E-state index contributed by atoms with van der Waals surface area (Å²) in [5.74, 6) is 0.812. The zero-order valence-electron chi connectivity index (χ0n) is 15.5. The quantitative estimate of drug-likeness (QED) is 0.510. The third-order valence-electron chi connectivity index (χ3n) is 4.51. The fourth-order valence-electron chi connectivity index (χ4n) is 3.22. The number of rotatable bonds is 6. The van der Waals surface area contributed by atoms with Crippen LogP contribution in [0.5, 0.6) is 0 Å². The summed E-state index contributed by atoms with van der Waals surface area (Å²) in [6.45, 7) is 1.08. The van der Waals surface area contributed by atoms with E-state index in [0.717, 1.165) is 27.5 Å².